The summed E-state index contributed by atoms with van der Waals surface area (Å²) in [5, 5.41) is 0. The van der Waals surface area contributed by atoms with E-state index >= 15 is 0 Å². The minimum absolute atomic E-state index is 0.290. The maximum Gasteiger partial charge on any atom is 0.566 e. The number of benzene rings is 1. The molecule has 0 bridgehead atoms. The van der Waals surface area contributed by atoms with Gasteiger partial charge in [0.25, 0.3) is 0 Å². The Hall–Kier alpha value is -1.63. The summed E-state index contributed by atoms with van der Waals surface area (Å²) in [5.41, 5.74) is 0.392. The molecule has 0 heterocycles. The molecule has 1 aromatic rings. The molecular weight excluding hydrogens is 312 g/mol. The van der Waals surface area contributed by atoms with Crippen LogP contribution in [-0.4, -0.2) is 34.6 Å². The second-order valence-electron chi connectivity index (χ2n) is 4.98. The molecule has 23 heavy (non-hydrogen) atoms. The molecule has 0 saturated carbocycles. The number of carbonyl (C=O) groups excluding carboxylic acids is 1. The molecule has 1 rings (SSSR count). The monoisotopic (exact) mass is 338 g/mol. The van der Waals surface area contributed by atoms with Crippen LogP contribution >= 0.6 is 0 Å². The van der Waals surface area contributed by atoms with Crippen LogP contribution in [0.4, 0.5) is 0 Å². The van der Waals surface area contributed by atoms with Crippen molar-refractivity contribution in [2.75, 3.05) is 19.8 Å². The SMILES string of the molecule is C=C(C)C(=O)OCCC[Si](OCC)(OCC)Oc1ccccc1. The number of hydrogen-bond donors (Lipinski definition) is 0. The zero-order valence-electron chi connectivity index (χ0n) is 14.2. The van der Waals surface area contributed by atoms with Gasteiger partial charge in [0.2, 0.25) is 0 Å². The zero-order valence-corrected chi connectivity index (χ0v) is 15.2. The van der Waals surface area contributed by atoms with E-state index in [9.17, 15) is 4.79 Å². The topological polar surface area (TPSA) is 54.0 Å². The molecule has 0 N–H and O–H groups in total. The average Bonchev–Trinajstić information content (AvgIpc) is 2.52. The highest BCUT2D eigenvalue weighted by atomic mass is 28.4. The van der Waals surface area contributed by atoms with Crippen LogP contribution in [0.25, 0.3) is 0 Å². The van der Waals surface area contributed by atoms with Gasteiger partial charge in [0.05, 0.1) is 6.61 Å². The van der Waals surface area contributed by atoms with Crippen molar-refractivity contribution < 1.29 is 22.8 Å². The van der Waals surface area contributed by atoms with Crippen molar-refractivity contribution in [3.8, 4) is 5.75 Å². The van der Waals surface area contributed by atoms with Crippen LogP contribution in [0.3, 0.4) is 0 Å². The molecule has 128 valence electrons. The minimum atomic E-state index is -2.85. The van der Waals surface area contributed by atoms with Crippen molar-refractivity contribution in [1.29, 1.82) is 0 Å². The number of para-hydroxylation sites is 1. The van der Waals surface area contributed by atoms with Crippen molar-refractivity contribution in [2.45, 2.75) is 33.2 Å². The Kier molecular flexibility index (Phi) is 8.61. The van der Waals surface area contributed by atoms with Crippen LogP contribution in [0.1, 0.15) is 27.2 Å². The molecule has 6 heteroatoms. The fraction of sp³-hybridized carbons (Fsp3) is 0.471. The van der Waals surface area contributed by atoms with Gasteiger partial charge in [-0.3, -0.25) is 0 Å². The molecule has 5 nitrogen and oxygen atoms in total. The number of esters is 1. The van der Waals surface area contributed by atoms with Gasteiger partial charge in [0.1, 0.15) is 5.75 Å². The smallest absolute Gasteiger partial charge is 0.501 e. The van der Waals surface area contributed by atoms with Gasteiger partial charge in [-0.15, -0.1) is 0 Å². The van der Waals surface area contributed by atoms with Gasteiger partial charge in [0.15, 0.2) is 0 Å². The second kappa shape index (κ2) is 10.2. The van der Waals surface area contributed by atoms with Gasteiger partial charge in [-0.05, 0) is 39.3 Å². The zero-order chi connectivity index (χ0) is 17.1. The van der Waals surface area contributed by atoms with Crippen molar-refractivity contribution in [1.82, 2.24) is 0 Å². The van der Waals surface area contributed by atoms with Crippen LogP contribution < -0.4 is 4.43 Å². The third kappa shape index (κ3) is 6.98. The maximum absolute atomic E-state index is 11.4. The largest absolute Gasteiger partial charge is 0.566 e. The molecule has 0 amide bonds. The van der Waals surface area contributed by atoms with E-state index in [4.69, 9.17) is 18.0 Å². The lowest BCUT2D eigenvalue weighted by Gasteiger charge is -2.29. The number of carbonyl (C=O) groups is 1. The standard InChI is InChI=1S/C17H26O5Si/c1-5-20-23(21-6-2,22-16-11-8-7-9-12-16)14-10-13-19-17(18)15(3)4/h7-9,11-12H,3,5-6,10,13-14H2,1-2,4H3. The average molecular weight is 338 g/mol. The molecule has 0 aliphatic carbocycles. The summed E-state index contributed by atoms with van der Waals surface area (Å²) in [7, 11) is -2.85. The lowest BCUT2D eigenvalue weighted by Crippen LogP contribution is -2.49. The predicted octanol–water partition coefficient (Wildman–Crippen LogP) is 3.59. The Bertz CT molecular complexity index is 483. The van der Waals surface area contributed by atoms with E-state index in [1.807, 2.05) is 44.2 Å². The molecular formula is C17H26O5Si. The van der Waals surface area contributed by atoms with Crippen LogP contribution in [0.15, 0.2) is 42.5 Å². The van der Waals surface area contributed by atoms with Crippen molar-refractivity contribution in [3.05, 3.63) is 42.5 Å². The molecule has 0 spiro atoms. The second-order valence-corrected chi connectivity index (χ2v) is 7.63. The third-order valence-corrected chi connectivity index (χ3v) is 5.92. The van der Waals surface area contributed by atoms with Crippen LogP contribution in [0.2, 0.25) is 6.04 Å². The Morgan fingerprint density at radius 1 is 1.13 bits per heavy atom. The highest BCUT2D eigenvalue weighted by molar-refractivity contribution is 6.61. The van der Waals surface area contributed by atoms with Gasteiger partial charge in [-0.2, -0.15) is 0 Å². The molecule has 0 aromatic heterocycles. The summed E-state index contributed by atoms with van der Waals surface area (Å²) in [5.74, 6) is 0.342. The fourth-order valence-corrected chi connectivity index (χ4v) is 4.52. The highest BCUT2D eigenvalue weighted by Gasteiger charge is 2.42. The van der Waals surface area contributed by atoms with E-state index in [1.165, 1.54) is 0 Å². The molecule has 0 saturated heterocycles. The van der Waals surface area contributed by atoms with Crippen molar-refractivity contribution >= 4 is 14.8 Å². The quantitative estimate of drug-likeness (QED) is 0.267. The maximum atomic E-state index is 11.4. The van der Waals surface area contributed by atoms with Gasteiger partial charge in [-0.1, -0.05) is 24.8 Å². The lowest BCUT2D eigenvalue weighted by molar-refractivity contribution is -0.139. The predicted molar refractivity (Wildman–Crippen MR) is 91.3 cm³/mol. The normalized spacial score (nSPS) is 11.1. The van der Waals surface area contributed by atoms with Gasteiger partial charge in [-0.25, -0.2) is 4.79 Å². The summed E-state index contributed by atoms with van der Waals surface area (Å²) in [6.45, 7) is 10.3. The van der Waals surface area contributed by atoms with E-state index in [0.717, 1.165) is 5.75 Å². The summed E-state index contributed by atoms with van der Waals surface area (Å²) in [6.07, 6.45) is 0.609. The first-order chi connectivity index (χ1) is 11.0. The molecule has 0 aliphatic heterocycles. The third-order valence-electron chi connectivity index (χ3n) is 2.95. The number of ether oxygens (including phenoxy) is 1. The van der Waals surface area contributed by atoms with Crippen molar-refractivity contribution in [3.63, 3.8) is 0 Å². The van der Waals surface area contributed by atoms with Gasteiger partial charge < -0.3 is 18.0 Å². The lowest BCUT2D eigenvalue weighted by atomic mass is 10.3. The van der Waals surface area contributed by atoms with Crippen LogP contribution in [0, 0.1) is 0 Å². The first-order valence-corrected chi connectivity index (χ1v) is 9.80. The Labute approximate surface area is 139 Å². The molecule has 1 aromatic carbocycles. The summed E-state index contributed by atoms with van der Waals surface area (Å²) >= 11 is 0. The van der Waals surface area contributed by atoms with E-state index < -0.39 is 8.80 Å². The molecule has 0 aliphatic rings. The summed E-state index contributed by atoms with van der Waals surface area (Å²) < 4.78 is 22.9. The first-order valence-electron chi connectivity index (χ1n) is 7.87. The molecule has 0 radical (unpaired) electrons. The van der Waals surface area contributed by atoms with E-state index in [-0.39, 0.29) is 5.97 Å². The van der Waals surface area contributed by atoms with Gasteiger partial charge >= 0.3 is 14.8 Å². The fourth-order valence-electron chi connectivity index (χ4n) is 1.98. The molecule has 0 unspecified atom stereocenters. The minimum Gasteiger partial charge on any atom is -0.501 e. The van der Waals surface area contributed by atoms with E-state index in [2.05, 4.69) is 6.58 Å². The molecule has 0 fully saturated rings. The van der Waals surface area contributed by atoms with E-state index in [0.29, 0.717) is 37.9 Å². The summed E-state index contributed by atoms with van der Waals surface area (Å²) in [4.78, 5) is 11.4. The molecule has 0 atom stereocenters. The van der Waals surface area contributed by atoms with E-state index in [1.54, 1.807) is 6.92 Å². The number of hydrogen-bond acceptors (Lipinski definition) is 5. The Morgan fingerprint density at radius 3 is 2.26 bits per heavy atom. The number of rotatable bonds is 11. The Morgan fingerprint density at radius 2 is 1.74 bits per heavy atom. The van der Waals surface area contributed by atoms with Crippen LogP contribution in [-0.2, 0) is 18.4 Å². The summed E-state index contributed by atoms with van der Waals surface area (Å²) in [6, 6.07) is 10.1. The van der Waals surface area contributed by atoms with Gasteiger partial charge in [0, 0.05) is 24.8 Å². The first kappa shape index (κ1) is 19.4. The highest BCUT2D eigenvalue weighted by Crippen LogP contribution is 2.22. The Balaban J connectivity index is 2.66. The van der Waals surface area contributed by atoms with Crippen molar-refractivity contribution in [2.24, 2.45) is 0 Å². The van der Waals surface area contributed by atoms with Crippen LogP contribution in [0.5, 0.6) is 5.75 Å².